The third-order valence-corrected chi connectivity index (χ3v) is 6.32. The molecule has 0 fully saturated rings. The number of carbonyl (C=O) groups excluding carboxylic acids is 1. The first kappa shape index (κ1) is 27.7. The summed E-state index contributed by atoms with van der Waals surface area (Å²) in [6.07, 6.45) is 1.39. The number of nitrogens with one attached hydrogen (secondary N) is 1. The van der Waals surface area contributed by atoms with Gasteiger partial charge in [-0.1, -0.05) is 35.5 Å². The van der Waals surface area contributed by atoms with Crippen LogP contribution in [0.2, 0.25) is 5.02 Å². The van der Waals surface area contributed by atoms with Crippen molar-refractivity contribution in [1.82, 2.24) is 20.2 Å². The highest BCUT2D eigenvalue weighted by Gasteiger charge is 2.17. The minimum atomic E-state index is -1.09. The van der Waals surface area contributed by atoms with Crippen LogP contribution in [0.1, 0.15) is 12.5 Å². The van der Waals surface area contributed by atoms with Gasteiger partial charge in [0.25, 0.3) is 5.91 Å². The molecule has 0 radical (unpaired) electrons. The van der Waals surface area contributed by atoms with Gasteiger partial charge in [-0.15, -0.1) is 10.2 Å². The quantitative estimate of drug-likeness (QED) is 0.144. The lowest BCUT2D eigenvalue weighted by Crippen LogP contribution is -2.20. The van der Waals surface area contributed by atoms with Crippen molar-refractivity contribution >= 4 is 41.5 Å². The fourth-order valence-electron chi connectivity index (χ4n) is 3.43. The minimum Gasteiger partial charge on any atom is -0.494 e. The highest BCUT2D eigenvalue weighted by molar-refractivity contribution is 7.99. The predicted octanol–water partition coefficient (Wildman–Crippen LogP) is 4.69. The Morgan fingerprint density at radius 2 is 1.79 bits per heavy atom. The monoisotopic (exact) mass is 565 g/mol. The molecule has 12 heteroatoms. The summed E-state index contributed by atoms with van der Waals surface area (Å²) < 4.78 is 12.7. The summed E-state index contributed by atoms with van der Waals surface area (Å²) in [6.45, 7) is 1.99. The zero-order valence-corrected chi connectivity index (χ0v) is 22.4. The number of thioether (sulfide) groups is 1. The topological polar surface area (TPSA) is 128 Å². The van der Waals surface area contributed by atoms with E-state index < -0.39 is 12.6 Å². The molecular formula is C27H24ClN5O5S. The first-order chi connectivity index (χ1) is 18.9. The van der Waals surface area contributed by atoms with Crippen molar-refractivity contribution in [2.24, 2.45) is 5.10 Å². The largest absolute Gasteiger partial charge is 0.494 e. The molecule has 0 atom stereocenters. The fraction of sp³-hybridized carbons (Fsp3) is 0.148. The van der Waals surface area contributed by atoms with Crippen molar-refractivity contribution in [1.29, 1.82) is 0 Å². The number of amides is 1. The van der Waals surface area contributed by atoms with Crippen molar-refractivity contribution in [2.75, 3.05) is 19.0 Å². The van der Waals surface area contributed by atoms with E-state index in [0.717, 1.165) is 17.0 Å². The Labute approximate surface area is 233 Å². The smallest absolute Gasteiger partial charge is 0.341 e. The van der Waals surface area contributed by atoms with Gasteiger partial charge in [0, 0.05) is 21.8 Å². The number of carboxylic acids is 1. The lowest BCUT2D eigenvalue weighted by atomic mass is 10.2. The number of aromatic nitrogens is 3. The van der Waals surface area contributed by atoms with Crippen molar-refractivity contribution in [2.45, 2.75) is 12.1 Å². The maximum Gasteiger partial charge on any atom is 0.341 e. The van der Waals surface area contributed by atoms with Crippen LogP contribution in [0, 0.1) is 0 Å². The Morgan fingerprint density at radius 1 is 1.05 bits per heavy atom. The van der Waals surface area contributed by atoms with E-state index in [1.54, 1.807) is 36.4 Å². The van der Waals surface area contributed by atoms with Crippen molar-refractivity contribution in [3.05, 3.63) is 83.4 Å². The molecule has 200 valence electrons. The Kier molecular flexibility index (Phi) is 9.54. The average molecular weight is 566 g/mol. The maximum absolute atomic E-state index is 12.5. The van der Waals surface area contributed by atoms with Gasteiger partial charge in [0.1, 0.15) is 11.5 Å². The van der Waals surface area contributed by atoms with E-state index in [0.29, 0.717) is 33.9 Å². The number of hydrogen-bond acceptors (Lipinski definition) is 8. The number of hydrogen-bond donors (Lipinski definition) is 2. The summed E-state index contributed by atoms with van der Waals surface area (Å²) in [7, 11) is 0. The third kappa shape index (κ3) is 7.59. The zero-order valence-electron chi connectivity index (χ0n) is 20.8. The van der Waals surface area contributed by atoms with E-state index in [1.807, 2.05) is 47.9 Å². The molecule has 0 saturated heterocycles. The molecule has 4 aromatic rings. The van der Waals surface area contributed by atoms with Crippen molar-refractivity contribution in [3.8, 4) is 28.6 Å². The molecule has 0 aliphatic heterocycles. The molecule has 0 bridgehead atoms. The number of nitrogens with zero attached hydrogens (tertiary/aromatic N) is 4. The average Bonchev–Trinajstić information content (AvgIpc) is 3.36. The van der Waals surface area contributed by atoms with Crippen LogP contribution in [0.25, 0.3) is 17.1 Å². The van der Waals surface area contributed by atoms with Crippen LogP contribution in [-0.2, 0) is 9.59 Å². The van der Waals surface area contributed by atoms with Gasteiger partial charge in [0.05, 0.1) is 18.6 Å². The Balaban J connectivity index is 1.48. The summed E-state index contributed by atoms with van der Waals surface area (Å²) in [6, 6.07) is 21.5. The molecule has 0 saturated carbocycles. The van der Waals surface area contributed by atoms with Gasteiger partial charge in [-0.05, 0) is 67.6 Å². The minimum absolute atomic E-state index is 0.0181. The second kappa shape index (κ2) is 13.4. The number of hydrazone groups is 1. The number of carboxylic acid groups (broad SMARTS) is 1. The van der Waals surface area contributed by atoms with Gasteiger partial charge < -0.3 is 14.6 Å². The van der Waals surface area contributed by atoms with Crippen LogP contribution in [-0.4, -0.2) is 56.9 Å². The Bertz CT molecular complexity index is 1460. The SMILES string of the molecule is CCOc1ccc(-n2c(SCC(=O)N/N=C/c3ccccc3OCC(=O)O)nnc2-c2ccc(Cl)cc2)cc1. The molecule has 0 unspecified atom stereocenters. The maximum atomic E-state index is 12.5. The molecule has 4 rings (SSSR count). The standard InChI is InChI=1S/C27H24ClN5O5S/c1-2-37-22-13-11-21(12-14-22)33-26(18-7-9-20(28)10-8-18)31-32-27(33)39-17-24(34)30-29-15-19-5-3-4-6-23(19)38-16-25(35)36/h3-15H,2,16-17H2,1H3,(H,30,34)(H,35,36)/b29-15+. The highest BCUT2D eigenvalue weighted by atomic mass is 35.5. The molecule has 1 heterocycles. The van der Waals surface area contributed by atoms with Crippen LogP contribution in [0.5, 0.6) is 11.5 Å². The summed E-state index contributed by atoms with van der Waals surface area (Å²) >= 11 is 7.26. The van der Waals surface area contributed by atoms with Gasteiger partial charge in [0.15, 0.2) is 17.6 Å². The number of ether oxygens (including phenoxy) is 2. The number of para-hydroxylation sites is 1. The molecule has 1 amide bonds. The van der Waals surface area contributed by atoms with E-state index in [-0.39, 0.29) is 11.7 Å². The Morgan fingerprint density at radius 3 is 2.51 bits per heavy atom. The number of benzene rings is 3. The highest BCUT2D eigenvalue weighted by Crippen LogP contribution is 2.29. The molecule has 3 aromatic carbocycles. The van der Waals surface area contributed by atoms with Crippen LogP contribution in [0.3, 0.4) is 0 Å². The van der Waals surface area contributed by atoms with Crippen LogP contribution in [0.15, 0.2) is 83.1 Å². The molecule has 2 N–H and O–H groups in total. The summed E-state index contributed by atoms with van der Waals surface area (Å²) in [4.78, 5) is 23.3. The molecule has 0 spiro atoms. The van der Waals surface area contributed by atoms with E-state index >= 15 is 0 Å². The second-order valence-electron chi connectivity index (χ2n) is 7.88. The van der Waals surface area contributed by atoms with Crippen molar-refractivity contribution < 1.29 is 24.2 Å². The van der Waals surface area contributed by atoms with E-state index in [9.17, 15) is 9.59 Å². The molecule has 0 aliphatic carbocycles. The molecule has 1 aromatic heterocycles. The van der Waals surface area contributed by atoms with Crippen LogP contribution < -0.4 is 14.9 Å². The lowest BCUT2D eigenvalue weighted by Gasteiger charge is -2.11. The summed E-state index contributed by atoms with van der Waals surface area (Å²) in [5, 5.41) is 22.6. The molecule has 10 nitrogen and oxygen atoms in total. The molecule has 0 aliphatic rings. The number of rotatable bonds is 12. The predicted molar refractivity (Wildman–Crippen MR) is 149 cm³/mol. The first-order valence-electron chi connectivity index (χ1n) is 11.8. The molecule has 39 heavy (non-hydrogen) atoms. The van der Waals surface area contributed by atoms with Gasteiger partial charge in [-0.3, -0.25) is 9.36 Å². The van der Waals surface area contributed by atoms with Crippen molar-refractivity contribution in [3.63, 3.8) is 0 Å². The molecular weight excluding hydrogens is 542 g/mol. The third-order valence-electron chi connectivity index (χ3n) is 5.14. The normalized spacial score (nSPS) is 10.9. The summed E-state index contributed by atoms with van der Waals surface area (Å²) in [5.41, 5.74) is 4.60. The fourth-order valence-corrected chi connectivity index (χ4v) is 4.30. The van der Waals surface area contributed by atoms with E-state index in [1.165, 1.54) is 18.0 Å². The lowest BCUT2D eigenvalue weighted by molar-refractivity contribution is -0.139. The zero-order chi connectivity index (χ0) is 27.6. The number of aliphatic carboxylic acids is 1. The second-order valence-corrected chi connectivity index (χ2v) is 9.26. The number of halogens is 1. The van der Waals surface area contributed by atoms with Gasteiger partial charge in [-0.25, -0.2) is 10.2 Å². The van der Waals surface area contributed by atoms with Gasteiger partial charge in [0.2, 0.25) is 0 Å². The first-order valence-corrected chi connectivity index (χ1v) is 13.1. The number of carbonyl (C=O) groups is 2. The van der Waals surface area contributed by atoms with E-state index in [4.69, 9.17) is 26.2 Å². The van der Waals surface area contributed by atoms with Crippen LogP contribution in [0.4, 0.5) is 0 Å². The van der Waals surface area contributed by atoms with Gasteiger partial charge >= 0.3 is 5.97 Å². The Hall–Kier alpha value is -4.35. The summed E-state index contributed by atoms with van der Waals surface area (Å²) in [5.74, 6) is 0.229. The van der Waals surface area contributed by atoms with Crippen LogP contribution >= 0.6 is 23.4 Å². The van der Waals surface area contributed by atoms with E-state index in [2.05, 4.69) is 20.7 Å². The van der Waals surface area contributed by atoms with Gasteiger partial charge in [-0.2, -0.15) is 5.10 Å².